The van der Waals surface area contributed by atoms with Crippen LogP contribution < -0.4 is 5.32 Å². The van der Waals surface area contributed by atoms with E-state index in [1.54, 1.807) is 0 Å². The van der Waals surface area contributed by atoms with Gasteiger partial charge in [0, 0.05) is 31.2 Å². The third-order valence-electron chi connectivity index (χ3n) is 5.96. The first kappa shape index (κ1) is 20.9. The molecule has 1 aromatic heterocycles. The van der Waals surface area contributed by atoms with E-state index in [9.17, 15) is 4.79 Å². The van der Waals surface area contributed by atoms with Crippen LogP contribution in [0.2, 0.25) is 0 Å². The van der Waals surface area contributed by atoms with Crippen molar-refractivity contribution in [3.63, 3.8) is 0 Å². The standard InChI is InChI=1S/C22H30N4O.ClH/c27-22(17-25-14-12-21(24-25)19-9-6-13-23-15-19)26(20-10-4-5-11-20)16-18-7-2-1-3-8-18;/h1-3,7-8,12,14,19-20,23H,4-6,9-11,13,15-17H2;1H. The Hall–Kier alpha value is -1.85. The highest BCUT2D eigenvalue weighted by Gasteiger charge is 2.27. The monoisotopic (exact) mass is 402 g/mol. The number of nitrogens with zero attached hydrogens (tertiary/aromatic N) is 3. The molecule has 1 aromatic carbocycles. The van der Waals surface area contributed by atoms with E-state index in [0.29, 0.717) is 25.0 Å². The van der Waals surface area contributed by atoms with E-state index in [4.69, 9.17) is 5.10 Å². The zero-order valence-electron chi connectivity index (χ0n) is 16.4. The first-order valence-corrected chi connectivity index (χ1v) is 10.4. The molecule has 2 heterocycles. The maximum Gasteiger partial charge on any atom is 0.244 e. The summed E-state index contributed by atoms with van der Waals surface area (Å²) in [7, 11) is 0. The van der Waals surface area contributed by atoms with Gasteiger partial charge in [-0.15, -0.1) is 12.4 Å². The van der Waals surface area contributed by atoms with Gasteiger partial charge in [-0.3, -0.25) is 9.48 Å². The minimum atomic E-state index is 0. The lowest BCUT2D eigenvalue weighted by molar-refractivity contribution is -0.135. The van der Waals surface area contributed by atoms with Crippen LogP contribution in [0.3, 0.4) is 0 Å². The number of hydrogen-bond acceptors (Lipinski definition) is 3. The Bertz CT molecular complexity index is 736. The van der Waals surface area contributed by atoms with Crippen molar-refractivity contribution in [3.05, 3.63) is 53.9 Å². The predicted molar refractivity (Wildman–Crippen MR) is 114 cm³/mol. The van der Waals surface area contributed by atoms with Crippen LogP contribution in [0.15, 0.2) is 42.6 Å². The maximum absolute atomic E-state index is 13.1. The quantitative estimate of drug-likeness (QED) is 0.800. The van der Waals surface area contributed by atoms with Crippen molar-refractivity contribution in [2.24, 2.45) is 0 Å². The molecule has 0 bridgehead atoms. The van der Waals surface area contributed by atoms with Gasteiger partial charge >= 0.3 is 0 Å². The molecule has 2 aromatic rings. The Morgan fingerprint density at radius 1 is 1.11 bits per heavy atom. The van der Waals surface area contributed by atoms with Crippen molar-refractivity contribution in [1.29, 1.82) is 0 Å². The molecule has 1 aliphatic carbocycles. The summed E-state index contributed by atoms with van der Waals surface area (Å²) in [5, 5.41) is 8.16. The first-order chi connectivity index (χ1) is 13.3. The van der Waals surface area contributed by atoms with Crippen LogP contribution in [0, 0.1) is 0 Å². The fraction of sp³-hybridized carbons (Fsp3) is 0.545. The second-order valence-corrected chi connectivity index (χ2v) is 7.93. The molecule has 0 spiro atoms. The molecule has 6 heteroatoms. The molecule has 5 nitrogen and oxygen atoms in total. The summed E-state index contributed by atoms with van der Waals surface area (Å²) in [4.78, 5) is 15.2. The number of halogens is 1. The van der Waals surface area contributed by atoms with Crippen molar-refractivity contribution in [2.75, 3.05) is 13.1 Å². The molecule has 1 N–H and O–H groups in total. The number of carbonyl (C=O) groups excluding carboxylic acids is 1. The molecule has 1 unspecified atom stereocenters. The van der Waals surface area contributed by atoms with Crippen molar-refractivity contribution >= 4 is 18.3 Å². The molecular weight excluding hydrogens is 372 g/mol. The number of carbonyl (C=O) groups is 1. The molecule has 0 radical (unpaired) electrons. The van der Waals surface area contributed by atoms with Crippen molar-refractivity contribution < 1.29 is 4.79 Å². The summed E-state index contributed by atoms with van der Waals surface area (Å²) in [5.41, 5.74) is 2.32. The van der Waals surface area contributed by atoms with Gasteiger partial charge in [-0.1, -0.05) is 43.2 Å². The topological polar surface area (TPSA) is 50.2 Å². The Morgan fingerprint density at radius 3 is 2.61 bits per heavy atom. The molecule has 2 fully saturated rings. The molecule has 1 atom stereocenters. The number of nitrogens with one attached hydrogen (secondary N) is 1. The maximum atomic E-state index is 13.1. The molecule has 1 aliphatic heterocycles. The van der Waals surface area contributed by atoms with Crippen LogP contribution in [-0.4, -0.2) is 39.7 Å². The molecule has 1 saturated carbocycles. The van der Waals surface area contributed by atoms with Crippen molar-refractivity contribution in [2.45, 2.75) is 63.6 Å². The largest absolute Gasteiger partial charge is 0.334 e. The lowest BCUT2D eigenvalue weighted by atomic mass is 9.97. The van der Waals surface area contributed by atoms with Crippen LogP contribution in [0.1, 0.15) is 55.7 Å². The van der Waals surface area contributed by atoms with Gasteiger partial charge in [0.05, 0.1) is 5.69 Å². The first-order valence-electron chi connectivity index (χ1n) is 10.4. The van der Waals surface area contributed by atoms with Gasteiger partial charge in [0.2, 0.25) is 5.91 Å². The molecule has 1 amide bonds. The number of rotatable bonds is 6. The van der Waals surface area contributed by atoms with E-state index < -0.39 is 0 Å². The normalized spacial score (nSPS) is 19.9. The Morgan fingerprint density at radius 2 is 1.89 bits per heavy atom. The smallest absolute Gasteiger partial charge is 0.244 e. The van der Waals surface area contributed by atoms with E-state index >= 15 is 0 Å². The Labute approximate surface area is 173 Å². The summed E-state index contributed by atoms with van der Waals surface area (Å²) in [6.45, 7) is 3.13. The lowest BCUT2D eigenvalue weighted by Gasteiger charge is -2.29. The van der Waals surface area contributed by atoms with Crippen LogP contribution >= 0.6 is 12.4 Å². The highest BCUT2D eigenvalue weighted by molar-refractivity contribution is 5.85. The second kappa shape index (κ2) is 10.1. The average molecular weight is 403 g/mol. The fourth-order valence-electron chi connectivity index (χ4n) is 4.43. The summed E-state index contributed by atoms with van der Waals surface area (Å²) in [5.74, 6) is 0.660. The van der Waals surface area contributed by atoms with Gasteiger partial charge in [-0.25, -0.2) is 0 Å². The fourth-order valence-corrected chi connectivity index (χ4v) is 4.43. The number of benzene rings is 1. The van der Waals surface area contributed by atoms with Crippen LogP contribution in [0.4, 0.5) is 0 Å². The highest BCUT2D eigenvalue weighted by atomic mass is 35.5. The lowest BCUT2D eigenvalue weighted by Crippen LogP contribution is -2.40. The second-order valence-electron chi connectivity index (χ2n) is 7.93. The SMILES string of the molecule is Cl.O=C(Cn1ccc(C2CCCNC2)n1)N(Cc1ccccc1)C1CCCC1. The predicted octanol–water partition coefficient (Wildman–Crippen LogP) is 3.74. The highest BCUT2D eigenvalue weighted by Crippen LogP contribution is 2.26. The molecule has 4 rings (SSSR count). The zero-order chi connectivity index (χ0) is 18.5. The van der Waals surface area contributed by atoms with Crippen molar-refractivity contribution in [1.82, 2.24) is 20.0 Å². The third kappa shape index (κ3) is 5.15. The number of piperidine rings is 1. The average Bonchev–Trinajstić information content (AvgIpc) is 3.40. The minimum absolute atomic E-state index is 0. The van der Waals surface area contributed by atoms with Gasteiger partial charge < -0.3 is 10.2 Å². The summed E-state index contributed by atoms with van der Waals surface area (Å²) < 4.78 is 1.83. The van der Waals surface area contributed by atoms with E-state index in [-0.39, 0.29) is 18.3 Å². The molecule has 2 aliphatic rings. The van der Waals surface area contributed by atoms with Crippen LogP contribution in [-0.2, 0) is 17.9 Å². The number of amides is 1. The molecule has 152 valence electrons. The Balaban J connectivity index is 0.00000225. The van der Waals surface area contributed by atoms with Gasteiger partial charge in [-0.05, 0) is 43.9 Å². The summed E-state index contributed by atoms with van der Waals surface area (Å²) in [6, 6.07) is 12.8. The van der Waals surface area contributed by atoms with Gasteiger partial charge in [0.1, 0.15) is 6.54 Å². The molecule has 28 heavy (non-hydrogen) atoms. The third-order valence-corrected chi connectivity index (χ3v) is 5.96. The minimum Gasteiger partial charge on any atom is -0.334 e. The van der Waals surface area contributed by atoms with Crippen LogP contribution in [0.5, 0.6) is 0 Å². The number of hydrogen-bond donors (Lipinski definition) is 1. The van der Waals surface area contributed by atoms with E-state index in [2.05, 4.69) is 28.4 Å². The van der Waals surface area contributed by atoms with E-state index in [1.807, 2.05) is 29.1 Å². The summed E-state index contributed by atoms with van der Waals surface area (Å²) >= 11 is 0. The van der Waals surface area contributed by atoms with E-state index in [0.717, 1.165) is 31.6 Å². The van der Waals surface area contributed by atoms with Gasteiger partial charge in [0.15, 0.2) is 0 Å². The number of aromatic nitrogens is 2. The van der Waals surface area contributed by atoms with Gasteiger partial charge in [0.25, 0.3) is 0 Å². The van der Waals surface area contributed by atoms with Gasteiger partial charge in [-0.2, -0.15) is 5.10 Å². The van der Waals surface area contributed by atoms with Crippen molar-refractivity contribution in [3.8, 4) is 0 Å². The zero-order valence-corrected chi connectivity index (χ0v) is 17.2. The molecule has 1 saturated heterocycles. The molecular formula is C22H31ClN4O. The van der Waals surface area contributed by atoms with E-state index in [1.165, 1.54) is 31.2 Å². The summed E-state index contributed by atoms with van der Waals surface area (Å²) in [6.07, 6.45) is 9.04. The van der Waals surface area contributed by atoms with Crippen LogP contribution in [0.25, 0.3) is 0 Å². The Kier molecular flexibility index (Phi) is 7.51.